The number of rotatable bonds is 6. The maximum absolute atomic E-state index is 6.22. The summed E-state index contributed by atoms with van der Waals surface area (Å²) in [6.07, 6.45) is 6.92. The molecule has 2 aliphatic heterocycles. The molecule has 2 aliphatic rings. The molecule has 3 aromatic rings. The van der Waals surface area contributed by atoms with E-state index in [1.807, 2.05) is 0 Å². The average Bonchev–Trinajstić information content (AvgIpc) is 3.48. The SMILES string of the molecule is CCOC(C1CCN(c2ncnc3scc(-c4ccccc4)c23)CC1)N1CCCC1. The van der Waals surface area contributed by atoms with Gasteiger partial charge in [0.1, 0.15) is 23.2 Å². The maximum Gasteiger partial charge on any atom is 0.141 e. The summed E-state index contributed by atoms with van der Waals surface area (Å²) >= 11 is 1.71. The summed E-state index contributed by atoms with van der Waals surface area (Å²) in [6, 6.07) is 10.6. The van der Waals surface area contributed by atoms with E-state index in [2.05, 4.69) is 57.4 Å². The van der Waals surface area contributed by atoms with Gasteiger partial charge in [0.2, 0.25) is 0 Å². The number of ether oxygens (including phenoxy) is 1. The van der Waals surface area contributed by atoms with Crippen LogP contribution in [0.15, 0.2) is 42.0 Å². The summed E-state index contributed by atoms with van der Waals surface area (Å²) in [5.41, 5.74) is 2.48. The van der Waals surface area contributed by atoms with Gasteiger partial charge < -0.3 is 9.64 Å². The van der Waals surface area contributed by atoms with Gasteiger partial charge in [-0.3, -0.25) is 4.90 Å². The third kappa shape index (κ3) is 3.84. The number of fused-ring (bicyclic) bond motifs is 1. The second-order valence-corrected chi connectivity index (χ2v) is 9.16. The third-order valence-electron chi connectivity index (χ3n) is 6.52. The van der Waals surface area contributed by atoms with Crippen LogP contribution < -0.4 is 4.90 Å². The zero-order chi connectivity index (χ0) is 20.3. The van der Waals surface area contributed by atoms with Gasteiger partial charge in [-0.05, 0) is 38.2 Å². The van der Waals surface area contributed by atoms with E-state index >= 15 is 0 Å². The fraction of sp³-hybridized carbons (Fsp3) is 0.500. The van der Waals surface area contributed by atoms with Crippen molar-refractivity contribution in [2.45, 2.75) is 38.8 Å². The van der Waals surface area contributed by atoms with E-state index in [-0.39, 0.29) is 6.23 Å². The van der Waals surface area contributed by atoms with Gasteiger partial charge in [-0.1, -0.05) is 30.3 Å². The van der Waals surface area contributed by atoms with Gasteiger partial charge in [-0.25, -0.2) is 9.97 Å². The molecule has 2 fully saturated rings. The van der Waals surface area contributed by atoms with E-state index in [4.69, 9.17) is 9.72 Å². The lowest BCUT2D eigenvalue weighted by atomic mass is 9.93. The number of piperidine rings is 1. The Morgan fingerprint density at radius 1 is 1.07 bits per heavy atom. The van der Waals surface area contributed by atoms with Gasteiger partial charge in [0.05, 0.1) is 5.39 Å². The first-order chi connectivity index (χ1) is 14.8. The minimum absolute atomic E-state index is 0.283. The number of nitrogens with zero attached hydrogens (tertiary/aromatic N) is 4. The van der Waals surface area contributed by atoms with Crippen LogP contribution in [0.2, 0.25) is 0 Å². The fourth-order valence-corrected chi connectivity index (χ4v) is 5.94. The molecule has 0 amide bonds. The third-order valence-corrected chi connectivity index (χ3v) is 7.40. The van der Waals surface area contributed by atoms with Gasteiger partial charge >= 0.3 is 0 Å². The van der Waals surface area contributed by atoms with E-state index in [0.29, 0.717) is 5.92 Å². The van der Waals surface area contributed by atoms with Crippen LogP contribution in [0.3, 0.4) is 0 Å². The van der Waals surface area contributed by atoms with Crippen molar-refractivity contribution in [3.63, 3.8) is 0 Å². The van der Waals surface area contributed by atoms with Gasteiger partial charge in [0.15, 0.2) is 0 Å². The van der Waals surface area contributed by atoms with Crippen molar-refractivity contribution in [3.8, 4) is 11.1 Å². The molecule has 2 aromatic heterocycles. The molecule has 6 heteroatoms. The maximum atomic E-state index is 6.22. The van der Waals surface area contributed by atoms with Crippen molar-refractivity contribution < 1.29 is 4.74 Å². The number of anilines is 1. The Morgan fingerprint density at radius 3 is 2.57 bits per heavy atom. The smallest absolute Gasteiger partial charge is 0.141 e. The molecule has 0 radical (unpaired) electrons. The van der Waals surface area contributed by atoms with Gasteiger partial charge in [0, 0.05) is 49.6 Å². The van der Waals surface area contributed by atoms with Crippen LogP contribution in [0.25, 0.3) is 21.3 Å². The zero-order valence-electron chi connectivity index (χ0n) is 17.7. The molecular weight excluding hydrogens is 392 g/mol. The normalized spacial score (nSPS) is 19.6. The minimum atomic E-state index is 0.283. The number of thiophene rings is 1. The number of hydrogen-bond donors (Lipinski definition) is 0. The first-order valence-electron chi connectivity index (χ1n) is 11.2. The Balaban J connectivity index is 1.38. The number of likely N-dealkylation sites (tertiary alicyclic amines) is 1. The number of benzene rings is 1. The lowest BCUT2D eigenvalue weighted by Gasteiger charge is -2.40. The van der Waals surface area contributed by atoms with Crippen molar-refractivity contribution in [2.75, 3.05) is 37.7 Å². The summed E-state index contributed by atoms with van der Waals surface area (Å²) in [5, 5.41) is 3.43. The summed E-state index contributed by atoms with van der Waals surface area (Å²) < 4.78 is 6.22. The van der Waals surface area contributed by atoms with Crippen molar-refractivity contribution in [1.82, 2.24) is 14.9 Å². The average molecular weight is 423 g/mol. The second-order valence-electron chi connectivity index (χ2n) is 8.31. The van der Waals surface area contributed by atoms with E-state index in [1.165, 1.54) is 42.4 Å². The monoisotopic (exact) mass is 422 g/mol. The van der Waals surface area contributed by atoms with Gasteiger partial charge in [-0.2, -0.15) is 0 Å². The van der Waals surface area contributed by atoms with Gasteiger partial charge in [-0.15, -0.1) is 11.3 Å². The predicted octanol–water partition coefficient (Wildman–Crippen LogP) is 5.03. The number of hydrogen-bond acceptors (Lipinski definition) is 6. The summed E-state index contributed by atoms with van der Waals surface area (Å²) in [5.74, 6) is 1.69. The molecule has 1 unspecified atom stereocenters. The van der Waals surface area contributed by atoms with E-state index in [9.17, 15) is 0 Å². The van der Waals surface area contributed by atoms with E-state index in [1.54, 1.807) is 17.7 Å². The molecule has 1 atom stereocenters. The van der Waals surface area contributed by atoms with Crippen LogP contribution in [0.4, 0.5) is 5.82 Å². The predicted molar refractivity (Wildman–Crippen MR) is 124 cm³/mol. The molecule has 1 aromatic carbocycles. The molecule has 5 nitrogen and oxygen atoms in total. The minimum Gasteiger partial charge on any atom is -0.363 e. The standard InChI is InChI=1S/C24H30N4OS/c1-2-29-24(28-12-6-7-13-28)19-10-14-27(15-11-19)22-21-20(18-8-4-3-5-9-18)16-30-23(21)26-17-25-22/h3-5,8-9,16-17,19,24H,2,6-7,10-15H2,1H3. The van der Waals surface area contributed by atoms with Gasteiger partial charge in [0.25, 0.3) is 0 Å². The number of aromatic nitrogens is 2. The molecular formula is C24H30N4OS. The molecule has 0 aliphatic carbocycles. The Kier molecular flexibility index (Phi) is 5.97. The molecule has 30 heavy (non-hydrogen) atoms. The van der Waals surface area contributed by atoms with Crippen molar-refractivity contribution in [2.24, 2.45) is 5.92 Å². The van der Waals surface area contributed by atoms with Crippen molar-refractivity contribution >= 4 is 27.4 Å². The fourth-order valence-electron chi connectivity index (χ4n) is 5.03. The van der Waals surface area contributed by atoms with Crippen LogP contribution in [0, 0.1) is 5.92 Å². The molecule has 0 spiro atoms. The molecule has 4 heterocycles. The quantitative estimate of drug-likeness (QED) is 0.557. The highest BCUT2D eigenvalue weighted by Gasteiger charge is 2.33. The van der Waals surface area contributed by atoms with Crippen LogP contribution >= 0.6 is 11.3 Å². The summed E-state index contributed by atoms with van der Waals surface area (Å²) in [6.45, 7) is 7.34. The lowest BCUT2D eigenvalue weighted by molar-refractivity contribution is -0.0858. The Labute approximate surface area is 182 Å². The highest BCUT2D eigenvalue weighted by atomic mass is 32.1. The van der Waals surface area contributed by atoms with Crippen LogP contribution in [0.1, 0.15) is 32.6 Å². The Morgan fingerprint density at radius 2 is 1.83 bits per heavy atom. The van der Waals surface area contributed by atoms with Crippen molar-refractivity contribution in [1.29, 1.82) is 0 Å². The van der Waals surface area contributed by atoms with Crippen molar-refractivity contribution in [3.05, 3.63) is 42.0 Å². The summed E-state index contributed by atoms with van der Waals surface area (Å²) in [7, 11) is 0. The molecule has 0 N–H and O–H groups in total. The molecule has 5 rings (SSSR count). The molecule has 2 saturated heterocycles. The Hall–Kier alpha value is -2.02. The Bertz CT molecular complexity index is 962. The summed E-state index contributed by atoms with van der Waals surface area (Å²) in [4.78, 5) is 15.4. The molecule has 0 saturated carbocycles. The van der Waals surface area contributed by atoms with Crippen LogP contribution in [-0.2, 0) is 4.74 Å². The molecule has 0 bridgehead atoms. The van der Waals surface area contributed by atoms with Crippen LogP contribution in [-0.4, -0.2) is 53.9 Å². The van der Waals surface area contributed by atoms with Crippen LogP contribution in [0.5, 0.6) is 0 Å². The van der Waals surface area contributed by atoms with E-state index < -0.39 is 0 Å². The first kappa shape index (κ1) is 19.9. The van der Waals surface area contributed by atoms with E-state index in [0.717, 1.165) is 43.2 Å². The highest BCUT2D eigenvalue weighted by Crippen LogP contribution is 2.39. The topological polar surface area (TPSA) is 41.5 Å². The lowest BCUT2D eigenvalue weighted by Crippen LogP contribution is -2.46. The largest absolute Gasteiger partial charge is 0.363 e. The molecule has 158 valence electrons. The zero-order valence-corrected chi connectivity index (χ0v) is 18.5. The second kappa shape index (κ2) is 9.00. The highest BCUT2D eigenvalue weighted by molar-refractivity contribution is 7.17. The first-order valence-corrected chi connectivity index (χ1v) is 12.1.